The molecule has 0 bridgehead atoms. The number of ether oxygens (including phenoxy) is 1. The van der Waals surface area contributed by atoms with E-state index in [9.17, 15) is 25.0 Å². The molecule has 0 saturated heterocycles. The summed E-state index contributed by atoms with van der Waals surface area (Å²) in [6.45, 7) is -0.710. The fraction of sp³-hybridized carbons (Fsp3) is 0.222. The van der Waals surface area contributed by atoms with Crippen LogP contribution in [-0.2, 0) is 4.74 Å². The van der Waals surface area contributed by atoms with E-state index in [0.717, 1.165) is 18.2 Å². The van der Waals surface area contributed by atoms with Crippen molar-refractivity contribution in [1.82, 2.24) is 0 Å². The van der Waals surface area contributed by atoms with Gasteiger partial charge in [-0.05, 0) is 0 Å². The van der Waals surface area contributed by atoms with Gasteiger partial charge in [-0.3, -0.25) is 20.2 Å². The zero-order valence-corrected chi connectivity index (χ0v) is 8.94. The second-order valence-corrected chi connectivity index (χ2v) is 3.11. The minimum Gasteiger partial charge on any atom is -0.460 e. The first kappa shape index (κ1) is 13.5. The number of benzene rings is 1. The summed E-state index contributed by atoms with van der Waals surface area (Å²) in [5.74, 6) is -0.976. The molecule has 96 valence electrons. The molecule has 0 atom stereocenters. The maximum atomic E-state index is 11.4. The van der Waals surface area contributed by atoms with Gasteiger partial charge in [-0.1, -0.05) is 0 Å². The van der Waals surface area contributed by atoms with Crippen molar-refractivity contribution in [2.45, 2.75) is 0 Å². The number of carbonyl (C=O) groups excluding carboxylic acids is 1. The second kappa shape index (κ2) is 5.68. The molecule has 1 N–H and O–H groups in total. The van der Waals surface area contributed by atoms with Crippen LogP contribution in [0, 0.1) is 20.2 Å². The van der Waals surface area contributed by atoms with Gasteiger partial charge in [-0.15, -0.1) is 0 Å². The molecule has 0 aliphatic carbocycles. The van der Waals surface area contributed by atoms with Crippen LogP contribution in [0.15, 0.2) is 18.2 Å². The van der Waals surface area contributed by atoms with Crippen molar-refractivity contribution in [1.29, 1.82) is 0 Å². The van der Waals surface area contributed by atoms with E-state index in [2.05, 4.69) is 4.74 Å². The summed E-state index contributed by atoms with van der Waals surface area (Å²) in [6.07, 6.45) is 0. The molecule has 0 amide bonds. The topological polar surface area (TPSA) is 133 Å². The van der Waals surface area contributed by atoms with E-state index in [1.807, 2.05) is 0 Å². The summed E-state index contributed by atoms with van der Waals surface area (Å²) in [7, 11) is 0. The van der Waals surface area contributed by atoms with E-state index in [-0.39, 0.29) is 12.2 Å². The van der Waals surface area contributed by atoms with Crippen LogP contribution in [0.5, 0.6) is 0 Å². The van der Waals surface area contributed by atoms with E-state index in [0.29, 0.717) is 0 Å². The van der Waals surface area contributed by atoms with Crippen molar-refractivity contribution in [3.05, 3.63) is 44.0 Å². The standard InChI is InChI=1S/C9H8N2O7/c12-1-2-18-9(13)6-3-7(10(14)15)5-8(4-6)11(16)17/h3-5,12H,1-2H2. The largest absolute Gasteiger partial charge is 0.460 e. The van der Waals surface area contributed by atoms with Crippen molar-refractivity contribution in [2.75, 3.05) is 13.2 Å². The van der Waals surface area contributed by atoms with Crippen LogP contribution in [0.2, 0.25) is 0 Å². The monoisotopic (exact) mass is 256 g/mol. The van der Waals surface area contributed by atoms with Crippen LogP contribution in [0.25, 0.3) is 0 Å². The highest BCUT2D eigenvalue weighted by Gasteiger charge is 2.20. The van der Waals surface area contributed by atoms with Crippen molar-refractivity contribution in [2.24, 2.45) is 0 Å². The molecule has 0 saturated carbocycles. The Hall–Kier alpha value is -2.55. The first-order valence-corrected chi connectivity index (χ1v) is 4.67. The van der Waals surface area contributed by atoms with Gasteiger partial charge in [-0.25, -0.2) is 4.79 Å². The summed E-state index contributed by atoms with van der Waals surface area (Å²) >= 11 is 0. The smallest absolute Gasteiger partial charge is 0.338 e. The Bertz CT molecular complexity index is 467. The SMILES string of the molecule is O=C(OCCO)c1cc([N+](=O)[O-])cc([N+](=O)[O-])c1. The molecular weight excluding hydrogens is 248 g/mol. The number of aliphatic hydroxyl groups excluding tert-OH is 1. The Kier molecular flexibility index (Phi) is 4.27. The molecule has 1 aromatic rings. The van der Waals surface area contributed by atoms with Crippen molar-refractivity contribution in [3.63, 3.8) is 0 Å². The molecule has 0 radical (unpaired) electrons. The predicted octanol–water partition coefficient (Wildman–Crippen LogP) is 0.652. The van der Waals surface area contributed by atoms with Gasteiger partial charge < -0.3 is 9.84 Å². The van der Waals surface area contributed by atoms with Crippen molar-refractivity contribution >= 4 is 17.3 Å². The minimum absolute atomic E-state index is 0.296. The number of nitro benzene ring substituents is 2. The first-order chi connectivity index (χ1) is 8.45. The molecule has 0 heterocycles. The normalized spacial score (nSPS) is 9.83. The average Bonchev–Trinajstić information content (AvgIpc) is 2.35. The van der Waals surface area contributed by atoms with Crippen LogP contribution in [-0.4, -0.2) is 34.1 Å². The third-order valence-electron chi connectivity index (χ3n) is 1.88. The van der Waals surface area contributed by atoms with Crippen molar-refractivity contribution in [3.8, 4) is 0 Å². The molecule has 1 aromatic carbocycles. The molecule has 9 nitrogen and oxygen atoms in total. The number of hydrogen-bond acceptors (Lipinski definition) is 7. The number of hydrogen-bond donors (Lipinski definition) is 1. The second-order valence-electron chi connectivity index (χ2n) is 3.11. The Morgan fingerprint density at radius 3 is 2.06 bits per heavy atom. The van der Waals surface area contributed by atoms with Gasteiger partial charge in [0.1, 0.15) is 6.61 Å². The highest BCUT2D eigenvalue weighted by molar-refractivity contribution is 5.91. The van der Waals surface area contributed by atoms with Gasteiger partial charge in [0.25, 0.3) is 11.4 Å². The van der Waals surface area contributed by atoms with Crippen LogP contribution in [0.3, 0.4) is 0 Å². The number of nitrogens with zero attached hydrogens (tertiary/aromatic N) is 2. The third kappa shape index (κ3) is 3.22. The third-order valence-corrected chi connectivity index (χ3v) is 1.88. The number of carbonyl (C=O) groups is 1. The molecule has 0 unspecified atom stereocenters. The molecule has 0 aromatic heterocycles. The number of non-ortho nitro benzene ring substituents is 2. The highest BCUT2D eigenvalue weighted by atomic mass is 16.6. The van der Waals surface area contributed by atoms with Gasteiger partial charge in [0.15, 0.2) is 0 Å². The van der Waals surface area contributed by atoms with E-state index in [1.165, 1.54) is 0 Å². The zero-order valence-electron chi connectivity index (χ0n) is 8.94. The summed E-state index contributed by atoms with van der Waals surface area (Å²) in [5.41, 5.74) is -1.48. The fourth-order valence-corrected chi connectivity index (χ4v) is 1.15. The quantitative estimate of drug-likeness (QED) is 0.464. The summed E-state index contributed by atoms with van der Waals surface area (Å²) in [6, 6.07) is 2.47. The lowest BCUT2D eigenvalue weighted by atomic mass is 10.2. The Labute approximate surface area is 99.9 Å². The number of aliphatic hydroxyl groups is 1. The van der Waals surface area contributed by atoms with Gasteiger partial charge in [0.05, 0.1) is 28.1 Å². The highest BCUT2D eigenvalue weighted by Crippen LogP contribution is 2.23. The van der Waals surface area contributed by atoms with Gasteiger partial charge in [0, 0.05) is 12.1 Å². The zero-order chi connectivity index (χ0) is 13.7. The van der Waals surface area contributed by atoms with Gasteiger partial charge in [-0.2, -0.15) is 0 Å². The molecule has 0 fully saturated rings. The van der Waals surface area contributed by atoms with Crippen LogP contribution in [0.4, 0.5) is 11.4 Å². The lowest BCUT2D eigenvalue weighted by Crippen LogP contribution is -2.09. The fourth-order valence-electron chi connectivity index (χ4n) is 1.15. The van der Waals surface area contributed by atoms with Crippen LogP contribution >= 0.6 is 0 Å². The molecule has 0 spiro atoms. The van der Waals surface area contributed by atoms with Gasteiger partial charge >= 0.3 is 5.97 Å². The summed E-state index contributed by atoms with van der Waals surface area (Å²) in [5, 5.41) is 29.6. The number of rotatable bonds is 5. The first-order valence-electron chi connectivity index (χ1n) is 4.67. The molecule has 0 aliphatic heterocycles. The van der Waals surface area contributed by atoms with Gasteiger partial charge in [0.2, 0.25) is 0 Å². The molecule has 18 heavy (non-hydrogen) atoms. The Morgan fingerprint density at radius 1 is 1.17 bits per heavy atom. The van der Waals surface area contributed by atoms with Crippen LogP contribution in [0.1, 0.15) is 10.4 Å². The predicted molar refractivity (Wildman–Crippen MR) is 57.1 cm³/mol. The van der Waals surface area contributed by atoms with Crippen molar-refractivity contribution < 1.29 is 24.5 Å². The summed E-state index contributed by atoms with van der Waals surface area (Å²) < 4.78 is 4.51. The molecule has 0 aliphatic rings. The Balaban J connectivity index is 3.14. The molecule has 1 rings (SSSR count). The van der Waals surface area contributed by atoms with E-state index < -0.39 is 33.8 Å². The molecule has 9 heteroatoms. The number of nitro groups is 2. The van der Waals surface area contributed by atoms with E-state index >= 15 is 0 Å². The lowest BCUT2D eigenvalue weighted by Gasteiger charge is -2.02. The maximum Gasteiger partial charge on any atom is 0.338 e. The lowest BCUT2D eigenvalue weighted by molar-refractivity contribution is -0.394. The minimum atomic E-state index is -0.976. The van der Waals surface area contributed by atoms with E-state index in [1.54, 1.807) is 0 Å². The maximum absolute atomic E-state index is 11.4. The Morgan fingerprint density at radius 2 is 1.67 bits per heavy atom. The summed E-state index contributed by atoms with van der Waals surface area (Å²) in [4.78, 5) is 30.8. The average molecular weight is 256 g/mol. The van der Waals surface area contributed by atoms with E-state index in [4.69, 9.17) is 5.11 Å². The van der Waals surface area contributed by atoms with Crippen LogP contribution < -0.4 is 0 Å². The molecular formula is C9H8N2O7. The number of esters is 1.